The van der Waals surface area contributed by atoms with Crippen LogP contribution in [0, 0.1) is 13.8 Å². The Morgan fingerprint density at radius 2 is 1.73 bits per heavy atom. The lowest BCUT2D eigenvalue weighted by atomic mass is 10.1. The van der Waals surface area contributed by atoms with E-state index in [9.17, 15) is 9.59 Å². The van der Waals surface area contributed by atoms with Crippen LogP contribution in [0.2, 0.25) is 0 Å². The Morgan fingerprint density at radius 3 is 2.35 bits per heavy atom. The molecule has 5 nitrogen and oxygen atoms in total. The van der Waals surface area contributed by atoms with Crippen molar-refractivity contribution in [3.63, 3.8) is 0 Å². The summed E-state index contributed by atoms with van der Waals surface area (Å²) in [5.74, 6) is 0.231. The molecule has 0 heterocycles. The maximum atomic E-state index is 12.8. The normalized spacial score (nSPS) is 11.5. The van der Waals surface area contributed by atoms with E-state index in [0.717, 1.165) is 16.7 Å². The van der Waals surface area contributed by atoms with Gasteiger partial charge in [0, 0.05) is 13.6 Å². The van der Waals surface area contributed by atoms with Crippen LogP contribution in [0.4, 0.5) is 0 Å². The fraction of sp³-hybridized carbons (Fsp3) is 0.333. The van der Waals surface area contributed by atoms with E-state index in [4.69, 9.17) is 4.74 Å². The van der Waals surface area contributed by atoms with Gasteiger partial charge in [-0.3, -0.25) is 9.59 Å². The molecule has 0 aliphatic carbocycles. The molecule has 0 unspecified atom stereocenters. The smallest absolute Gasteiger partial charge is 0.261 e. The summed E-state index contributed by atoms with van der Waals surface area (Å²) in [5, 5.41) is 2.60. The SMILES string of the molecule is CNC(=O)[C@H](C)N(Cc1ccc(C)cc1)C(=O)COc1ccccc1C. The number of hydrogen-bond donors (Lipinski definition) is 1. The molecule has 0 saturated carbocycles. The summed E-state index contributed by atoms with van der Waals surface area (Å²) in [6.07, 6.45) is 0. The van der Waals surface area contributed by atoms with Gasteiger partial charge >= 0.3 is 0 Å². The van der Waals surface area contributed by atoms with Crippen molar-refractivity contribution in [3.8, 4) is 5.75 Å². The predicted molar refractivity (Wildman–Crippen MR) is 102 cm³/mol. The number of ether oxygens (including phenoxy) is 1. The van der Waals surface area contributed by atoms with Crippen LogP contribution in [0.3, 0.4) is 0 Å². The maximum absolute atomic E-state index is 12.8. The van der Waals surface area contributed by atoms with Crippen LogP contribution in [0.15, 0.2) is 48.5 Å². The highest BCUT2D eigenvalue weighted by Crippen LogP contribution is 2.17. The molecule has 0 aromatic heterocycles. The highest BCUT2D eigenvalue weighted by Gasteiger charge is 2.25. The van der Waals surface area contributed by atoms with Crippen molar-refractivity contribution in [2.24, 2.45) is 0 Å². The van der Waals surface area contributed by atoms with Gasteiger partial charge in [0.25, 0.3) is 5.91 Å². The van der Waals surface area contributed by atoms with Crippen molar-refractivity contribution < 1.29 is 14.3 Å². The molecule has 0 saturated heterocycles. The Hall–Kier alpha value is -2.82. The quantitative estimate of drug-likeness (QED) is 0.832. The van der Waals surface area contributed by atoms with Crippen molar-refractivity contribution in [2.45, 2.75) is 33.4 Å². The fourth-order valence-electron chi connectivity index (χ4n) is 2.62. The zero-order valence-corrected chi connectivity index (χ0v) is 15.8. The molecule has 2 aromatic rings. The molecule has 2 amide bonds. The summed E-state index contributed by atoms with van der Waals surface area (Å²) < 4.78 is 5.68. The first-order valence-corrected chi connectivity index (χ1v) is 8.67. The average Bonchev–Trinajstić information content (AvgIpc) is 2.65. The highest BCUT2D eigenvalue weighted by atomic mass is 16.5. The second-order valence-corrected chi connectivity index (χ2v) is 6.35. The molecule has 26 heavy (non-hydrogen) atoms. The number of carbonyl (C=O) groups is 2. The van der Waals surface area contributed by atoms with Crippen LogP contribution >= 0.6 is 0 Å². The Balaban J connectivity index is 2.13. The van der Waals surface area contributed by atoms with Crippen molar-refractivity contribution >= 4 is 11.8 Å². The fourth-order valence-corrected chi connectivity index (χ4v) is 2.62. The van der Waals surface area contributed by atoms with Gasteiger partial charge in [0.1, 0.15) is 11.8 Å². The van der Waals surface area contributed by atoms with Crippen LogP contribution in [-0.2, 0) is 16.1 Å². The third-order valence-corrected chi connectivity index (χ3v) is 4.33. The minimum Gasteiger partial charge on any atom is -0.484 e. The number of rotatable bonds is 7. The number of carbonyl (C=O) groups excluding carboxylic acids is 2. The molecule has 0 fully saturated rings. The number of hydrogen-bond acceptors (Lipinski definition) is 3. The summed E-state index contributed by atoms with van der Waals surface area (Å²) in [5.41, 5.74) is 3.08. The van der Waals surface area contributed by atoms with E-state index in [0.29, 0.717) is 12.3 Å². The second kappa shape index (κ2) is 9.04. The molecule has 2 aromatic carbocycles. The molecule has 0 spiro atoms. The lowest BCUT2D eigenvalue weighted by Crippen LogP contribution is -2.48. The van der Waals surface area contributed by atoms with E-state index in [-0.39, 0.29) is 18.4 Å². The summed E-state index contributed by atoms with van der Waals surface area (Å²) in [6.45, 7) is 5.90. The first kappa shape index (κ1) is 19.5. The number of nitrogens with zero attached hydrogens (tertiary/aromatic N) is 1. The monoisotopic (exact) mass is 354 g/mol. The predicted octanol–water partition coefficient (Wildman–Crippen LogP) is 2.85. The summed E-state index contributed by atoms with van der Waals surface area (Å²) in [7, 11) is 1.57. The number of nitrogens with one attached hydrogen (secondary N) is 1. The Kier molecular flexibility index (Phi) is 6.78. The third-order valence-electron chi connectivity index (χ3n) is 4.33. The van der Waals surface area contributed by atoms with Crippen LogP contribution in [0.5, 0.6) is 5.75 Å². The lowest BCUT2D eigenvalue weighted by Gasteiger charge is -2.28. The first-order chi connectivity index (χ1) is 12.4. The lowest BCUT2D eigenvalue weighted by molar-refractivity contribution is -0.142. The Bertz CT molecular complexity index is 756. The standard InChI is InChI=1S/C21H26N2O3/c1-15-9-11-18(12-10-15)13-23(17(3)21(25)22-4)20(24)14-26-19-8-6-5-7-16(19)2/h5-12,17H,13-14H2,1-4H3,(H,22,25)/t17-/m0/s1. The van der Waals surface area contributed by atoms with Gasteiger partial charge in [0.05, 0.1) is 0 Å². The molecule has 5 heteroatoms. The zero-order chi connectivity index (χ0) is 19.1. The van der Waals surface area contributed by atoms with E-state index < -0.39 is 6.04 Å². The molecular formula is C21H26N2O3. The number of benzene rings is 2. The molecule has 2 rings (SSSR count). The third kappa shape index (κ3) is 5.09. The number of amides is 2. The van der Waals surface area contributed by atoms with Crippen molar-refractivity contribution in [1.29, 1.82) is 0 Å². The summed E-state index contributed by atoms with van der Waals surface area (Å²) >= 11 is 0. The molecular weight excluding hydrogens is 328 g/mol. The van der Waals surface area contributed by atoms with Crippen LogP contribution in [0.25, 0.3) is 0 Å². The molecule has 1 N–H and O–H groups in total. The minimum absolute atomic E-state index is 0.113. The minimum atomic E-state index is -0.589. The van der Waals surface area contributed by atoms with E-state index in [1.807, 2.05) is 62.4 Å². The van der Waals surface area contributed by atoms with Crippen molar-refractivity contribution in [2.75, 3.05) is 13.7 Å². The maximum Gasteiger partial charge on any atom is 0.261 e. The topological polar surface area (TPSA) is 58.6 Å². The number of aryl methyl sites for hydroxylation is 2. The molecule has 0 aliphatic heterocycles. The molecule has 0 bridgehead atoms. The number of likely N-dealkylation sites (N-methyl/N-ethyl adjacent to an activating group) is 1. The van der Waals surface area contributed by atoms with Crippen LogP contribution in [-0.4, -0.2) is 36.4 Å². The zero-order valence-electron chi connectivity index (χ0n) is 15.8. The second-order valence-electron chi connectivity index (χ2n) is 6.35. The highest BCUT2D eigenvalue weighted by molar-refractivity contribution is 5.87. The van der Waals surface area contributed by atoms with Crippen LogP contribution in [0.1, 0.15) is 23.6 Å². The molecule has 138 valence electrons. The summed E-state index contributed by atoms with van der Waals surface area (Å²) in [4.78, 5) is 26.4. The van der Waals surface area contributed by atoms with E-state index in [1.165, 1.54) is 0 Å². The van der Waals surface area contributed by atoms with Gasteiger partial charge < -0.3 is 15.0 Å². The average molecular weight is 354 g/mol. The van der Waals surface area contributed by atoms with Gasteiger partial charge in [-0.25, -0.2) is 0 Å². The van der Waals surface area contributed by atoms with E-state index >= 15 is 0 Å². The Labute approximate surface area is 155 Å². The van der Waals surface area contributed by atoms with Crippen molar-refractivity contribution in [1.82, 2.24) is 10.2 Å². The molecule has 1 atom stereocenters. The first-order valence-electron chi connectivity index (χ1n) is 8.67. The van der Waals surface area contributed by atoms with Gasteiger partial charge in [-0.2, -0.15) is 0 Å². The van der Waals surface area contributed by atoms with Gasteiger partial charge in [0.15, 0.2) is 6.61 Å². The van der Waals surface area contributed by atoms with Crippen molar-refractivity contribution in [3.05, 3.63) is 65.2 Å². The summed E-state index contributed by atoms with van der Waals surface area (Å²) in [6, 6.07) is 14.9. The number of para-hydroxylation sites is 1. The largest absolute Gasteiger partial charge is 0.484 e. The van der Waals surface area contributed by atoms with Crippen LogP contribution < -0.4 is 10.1 Å². The van der Waals surface area contributed by atoms with Gasteiger partial charge in [-0.15, -0.1) is 0 Å². The van der Waals surface area contributed by atoms with Gasteiger partial charge in [-0.1, -0.05) is 48.0 Å². The Morgan fingerprint density at radius 1 is 1.08 bits per heavy atom. The van der Waals surface area contributed by atoms with E-state index in [2.05, 4.69) is 5.32 Å². The van der Waals surface area contributed by atoms with Gasteiger partial charge in [-0.05, 0) is 38.0 Å². The van der Waals surface area contributed by atoms with E-state index in [1.54, 1.807) is 18.9 Å². The molecule has 0 radical (unpaired) electrons. The van der Waals surface area contributed by atoms with Gasteiger partial charge in [0.2, 0.25) is 5.91 Å². The molecule has 0 aliphatic rings.